The maximum Gasteiger partial charge on any atom is 0.0335 e. The fourth-order valence-corrected chi connectivity index (χ4v) is 3.16. The molecule has 1 aromatic heterocycles. The largest absolute Gasteiger partial charge is 0.310 e. The first-order valence-electron chi connectivity index (χ1n) is 6.73. The zero-order chi connectivity index (χ0) is 11.7. The van der Waals surface area contributed by atoms with Gasteiger partial charge >= 0.3 is 0 Å². The van der Waals surface area contributed by atoms with E-state index in [4.69, 9.17) is 0 Å². The third-order valence-electron chi connectivity index (χ3n) is 4.27. The normalized spacial score (nSPS) is 31.1. The third kappa shape index (κ3) is 2.35. The van der Waals surface area contributed by atoms with E-state index >= 15 is 0 Å². The first-order chi connectivity index (χ1) is 8.33. The van der Waals surface area contributed by atoms with Crippen molar-refractivity contribution in [2.75, 3.05) is 13.1 Å². The molecule has 3 heterocycles. The van der Waals surface area contributed by atoms with Crippen LogP contribution in [0.25, 0.3) is 0 Å². The number of hydrogen-bond acceptors (Lipinski definition) is 3. The molecular formula is C14H21N3. The van der Waals surface area contributed by atoms with Crippen LogP contribution in [-0.4, -0.2) is 35.1 Å². The van der Waals surface area contributed by atoms with E-state index in [2.05, 4.69) is 28.2 Å². The SMILES string of the molecule is CC(c1cccnc1)N1CCC2CCC(C1)N2. The van der Waals surface area contributed by atoms with Gasteiger partial charge in [0.15, 0.2) is 0 Å². The van der Waals surface area contributed by atoms with E-state index < -0.39 is 0 Å². The van der Waals surface area contributed by atoms with Crippen molar-refractivity contribution in [3.63, 3.8) is 0 Å². The van der Waals surface area contributed by atoms with Gasteiger partial charge in [-0.3, -0.25) is 9.88 Å². The van der Waals surface area contributed by atoms with E-state index in [1.54, 1.807) is 0 Å². The third-order valence-corrected chi connectivity index (χ3v) is 4.27. The van der Waals surface area contributed by atoms with Crippen LogP contribution in [0.1, 0.15) is 37.8 Å². The topological polar surface area (TPSA) is 28.2 Å². The minimum atomic E-state index is 0.491. The number of pyridine rings is 1. The Morgan fingerprint density at radius 3 is 3.06 bits per heavy atom. The minimum Gasteiger partial charge on any atom is -0.310 e. The Balaban J connectivity index is 1.72. The highest BCUT2D eigenvalue weighted by Crippen LogP contribution is 2.26. The van der Waals surface area contributed by atoms with E-state index in [1.165, 1.54) is 37.9 Å². The molecule has 3 nitrogen and oxygen atoms in total. The number of aromatic nitrogens is 1. The summed E-state index contributed by atoms with van der Waals surface area (Å²) >= 11 is 0. The molecule has 0 aromatic carbocycles. The van der Waals surface area contributed by atoms with Gasteiger partial charge < -0.3 is 5.32 Å². The molecule has 0 aliphatic carbocycles. The van der Waals surface area contributed by atoms with Crippen molar-refractivity contribution in [3.8, 4) is 0 Å². The molecule has 92 valence electrons. The molecule has 3 unspecified atom stereocenters. The Kier molecular flexibility index (Phi) is 3.12. The summed E-state index contributed by atoms with van der Waals surface area (Å²) in [6.07, 6.45) is 7.87. The lowest BCUT2D eigenvalue weighted by Gasteiger charge is -2.30. The molecule has 0 radical (unpaired) electrons. The summed E-state index contributed by atoms with van der Waals surface area (Å²) < 4.78 is 0. The predicted octanol–water partition coefficient (Wildman–Crippen LogP) is 1.97. The van der Waals surface area contributed by atoms with Crippen LogP contribution >= 0.6 is 0 Å². The highest BCUT2D eigenvalue weighted by atomic mass is 15.2. The van der Waals surface area contributed by atoms with Gasteiger partial charge in [-0.1, -0.05) is 6.07 Å². The second-order valence-corrected chi connectivity index (χ2v) is 5.38. The quantitative estimate of drug-likeness (QED) is 0.843. The summed E-state index contributed by atoms with van der Waals surface area (Å²) in [6.45, 7) is 4.70. The molecule has 2 saturated heterocycles. The van der Waals surface area contributed by atoms with Crippen molar-refractivity contribution >= 4 is 0 Å². The average molecular weight is 231 g/mol. The lowest BCUT2D eigenvalue weighted by Crippen LogP contribution is -2.36. The maximum absolute atomic E-state index is 4.23. The van der Waals surface area contributed by atoms with Gasteiger partial charge in [-0.2, -0.15) is 0 Å². The molecule has 2 fully saturated rings. The number of nitrogens with zero attached hydrogens (tertiary/aromatic N) is 2. The van der Waals surface area contributed by atoms with Gasteiger partial charge in [-0.15, -0.1) is 0 Å². The summed E-state index contributed by atoms with van der Waals surface area (Å²) in [5.74, 6) is 0. The van der Waals surface area contributed by atoms with Crippen LogP contribution in [0.2, 0.25) is 0 Å². The monoisotopic (exact) mass is 231 g/mol. The Hall–Kier alpha value is -0.930. The fraction of sp³-hybridized carbons (Fsp3) is 0.643. The first-order valence-corrected chi connectivity index (χ1v) is 6.73. The van der Waals surface area contributed by atoms with Gasteiger partial charge in [0.05, 0.1) is 0 Å². The van der Waals surface area contributed by atoms with Crippen LogP contribution in [-0.2, 0) is 0 Å². The molecular weight excluding hydrogens is 210 g/mol. The molecule has 1 aromatic rings. The van der Waals surface area contributed by atoms with Gasteiger partial charge in [-0.25, -0.2) is 0 Å². The van der Waals surface area contributed by atoms with Crippen LogP contribution in [0.3, 0.4) is 0 Å². The Bertz CT molecular complexity index is 365. The average Bonchev–Trinajstić information content (AvgIpc) is 2.69. The lowest BCUT2D eigenvalue weighted by atomic mass is 10.0. The van der Waals surface area contributed by atoms with Crippen molar-refractivity contribution in [2.45, 2.75) is 44.3 Å². The lowest BCUT2D eigenvalue weighted by molar-refractivity contribution is 0.199. The molecule has 2 aliphatic rings. The van der Waals surface area contributed by atoms with E-state index in [9.17, 15) is 0 Å². The van der Waals surface area contributed by atoms with E-state index in [0.29, 0.717) is 12.1 Å². The van der Waals surface area contributed by atoms with Gasteiger partial charge in [0.1, 0.15) is 0 Å². The van der Waals surface area contributed by atoms with Crippen LogP contribution in [0, 0.1) is 0 Å². The summed E-state index contributed by atoms with van der Waals surface area (Å²) in [5.41, 5.74) is 1.34. The molecule has 1 N–H and O–H groups in total. The summed E-state index contributed by atoms with van der Waals surface area (Å²) in [7, 11) is 0. The van der Waals surface area contributed by atoms with Crippen LogP contribution in [0.5, 0.6) is 0 Å². The van der Waals surface area contributed by atoms with Crippen molar-refractivity contribution in [1.29, 1.82) is 0 Å². The number of hydrogen-bond donors (Lipinski definition) is 1. The Morgan fingerprint density at radius 2 is 2.24 bits per heavy atom. The number of rotatable bonds is 2. The van der Waals surface area contributed by atoms with Gasteiger partial charge in [0, 0.05) is 43.6 Å². The van der Waals surface area contributed by atoms with Gasteiger partial charge in [0.25, 0.3) is 0 Å². The van der Waals surface area contributed by atoms with Crippen molar-refractivity contribution in [2.24, 2.45) is 0 Å². The molecule has 0 amide bonds. The van der Waals surface area contributed by atoms with Crippen molar-refractivity contribution in [1.82, 2.24) is 15.2 Å². The number of nitrogens with one attached hydrogen (secondary N) is 1. The van der Waals surface area contributed by atoms with E-state index in [1.807, 2.05) is 18.5 Å². The molecule has 3 rings (SSSR count). The standard InChI is InChI=1S/C14H21N3/c1-11(12-3-2-7-15-9-12)17-8-6-13-4-5-14(10-17)16-13/h2-3,7,9,11,13-14,16H,4-6,8,10H2,1H3. The maximum atomic E-state index is 4.23. The zero-order valence-electron chi connectivity index (χ0n) is 10.5. The zero-order valence-corrected chi connectivity index (χ0v) is 10.5. The van der Waals surface area contributed by atoms with E-state index in [0.717, 1.165) is 6.04 Å². The summed E-state index contributed by atoms with van der Waals surface area (Å²) in [4.78, 5) is 6.83. The smallest absolute Gasteiger partial charge is 0.0335 e. The molecule has 2 bridgehead atoms. The fourth-order valence-electron chi connectivity index (χ4n) is 3.16. The molecule has 0 spiro atoms. The van der Waals surface area contributed by atoms with Gasteiger partial charge in [-0.05, 0) is 37.8 Å². The molecule has 2 aliphatic heterocycles. The van der Waals surface area contributed by atoms with Crippen LogP contribution in [0.15, 0.2) is 24.5 Å². The minimum absolute atomic E-state index is 0.491. The Morgan fingerprint density at radius 1 is 1.35 bits per heavy atom. The Labute approximate surface area is 103 Å². The second-order valence-electron chi connectivity index (χ2n) is 5.38. The van der Waals surface area contributed by atoms with Crippen LogP contribution < -0.4 is 5.32 Å². The number of likely N-dealkylation sites (tertiary alicyclic amines) is 1. The predicted molar refractivity (Wildman–Crippen MR) is 68.8 cm³/mol. The molecule has 3 heteroatoms. The highest BCUT2D eigenvalue weighted by Gasteiger charge is 2.31. The summed E-state index contributed by atoms with van der Waals surface area (Å²) in [5, 5.41) is 3.73. The summed E-state index contributed by atoms with van der Waals surface area (Å²) in [6, 6.07) is 6.19. The van der Waals surface area contributed by atoms with Crippen molar-refractivity contribution in [3.05, 3.63) is 30.1 Å². The van der Waals surface area contributed by atoms with Crippen LogP contribution in [0.4, 0.5) is 0 Å². The number of fused-ring (bicyclic) bond motifs is 2. The van der Waals surface area contributed by atoms with Crippen molar-refractivity contribution < 1.29 is 0 Å². The highest BCUT2D eigenvalue weighted by molar-refractivity contribution is 5.13. The van der Waals surface area contributed by atoms with E-state index in [-0.39, 0.29) is 0 Å². The molecule has 3 atom stereocenters. The molecule has 0 saturated carbocycles. The molecule has 17 heavy (non-hydrogen) atoms. The second kappa shape index (κ2) is 4.75. The first kappa shape index (κ1) is 11.2. The van der Waals surface area contributed by atoms with Gasteiger partial charge in [0.2, 0.25) is 0 Å².